The van der Waals surface area contributed by atoms with E-state index < -0.39 is 0 Å². The minimum absolute atomic E-state index is 0.637. The summed E-state index contributed by atoms with van der Waals surface area (Å²) in [6.45, 7) is 5.04. The quantitative estimate of drug-likeness (QED) is 0.847. The van der Waals surface area contributed by atoms with E-state index in [0.29, 0.717) is 10.6 Å². The number of halogens is 1. The predicted molar refractivity (Wildman–Crippen MR) is 64.3 cm³/mol. The Hall–Kier alpha value is -1.08. The van der Waals surface area contributed by atoms with E-state index in [9.17, 15) is 0 Å². The van der Waals surface area contributed by atoms with Crippen LogP contribution in [0.2, 0.25) is 5.02 Å². The van der Waals surface area contributed by atoms with Crippen LogP contribution in [0, 0.1) is 11.3 Å². The lowest BCUT2D eigenvalue weighted by molar-refractivity contribution is 0.233. The third-order valence-corrected chi connectivity index (χ3v) is 2.92. The molecule has 1 aromatic carbocycles. The Balaban J connectivity index is 2.08. The van der Waals surface area contributed by atoms with Gasteiger partial charge in [0.1, 0.15) is 0 Å². The minimum atomic E-state index is 0.637. The fourth-order valence-corrected chi connectivity index (χ4v) is 2.19. The number of nitriles is 1. The summed E-state index contributed by atoms with van der Waals surface area (Å²) >= 11 is 5.96. The molecule has 0 aromatic heterocycles. The molecule has 0 amide bonds. The number of hydrogen-bond donors (Lipinski definition) is 1. The summed E-state index contributed by atoms with van der Waals surface area (Å²) in [7, 11) is 0. The maximum absolute atomic E-state index is 8.86. The van der Waals surface area contributed by atoms with Crippen LogP contribution in [0.4, 0.5) is 0 Å². The van der Waals surface area contributed by atoms with Gasteiger partial charge in [-0.2, -0.15) is 5.26 Å². The van der Waals surface area contributed by atoms with Crippen LogP contribution < -0.4 is 5.32 Å². The Labute approximate surface area is 101 Å². The molecule has 0 saturated carbocycles. The molecule has 1 heterocycles. The molecule has 1 aliphatic heterocycles. The fraction of sp³-hybridized carbons (Fsp3) is 0.417. The molecule has 3 nitrogen and oxygen atoms in total. The van der Waals surface area contributed by atoms with Crippen LogP contribution in [-0.4, -0.2) is 31.1 Å². The monoisotopic (exact) mass is 235 g/mol. The van der Waals surface area contributed by atoms with Crippen molar-refractivity contribution in [2.24, 2.45) is 0 Å². The largest absolute Gasteiger partial charge is 0.314 e. The van der Waals surface area contributed by atoms with E-state index in [1.165, 1.54) is 0 Å². The first-order valence-electron chi connectivity index (χ1n) is 5.40. The first-order valence-corrected chi connectivity index (χ1v) is 5.78. The molecule has 0 spiro atoms. The lowest BCUT2D eigenvalue weighted by atomic mass is 10.1. The van der Waals surface area contributed by atoms with Crippen LogP contribution in [0.15, 0.2) is 18.2 Å². The molecule has 1 aromatic rings. The second kappa shape index (κ2) is 5.31. The zero-order valence-corrected chi connectivity index (χ0v) is 9.80. The van der Waals surface area contributed by atoms with Crippen molar-refractivity contribution in [3.8, 4) is 6.07 Å². The van der Waals surface area contributed by atoms with Gasteiger partial charge in [-0.05, 0) is 23.8 Å². The van der Waals surface area contributed by atoms with E-state index in [0.717, 1.165) is 38.3 Å². The highest BCUT2D eigenvalue weighted by Gasteiger charge is 2.10. The number of hydrogen-bond acceptors (Lipinski definition) is 3. The van der Waals surface area contributed by atoms with Crippen molar-refractivity contribution in [1.82, 2.24) is 10.2 Å². The van der Waals surface area contributed by atoms with Crippen LogP contribution in [0.5, 0.6) is 0 Å². The van der Waals surface area contributed by atoms with Gasteiger partial charge in [0.25, 0.3) is 0 Å². The van der Waals surface area contributed by atoms with E-state index >= 15 is 0 Å². The maximum Gasteiger partial charge on any atom is 0.0992 e. The van der Waals surface area contributed by atoms with Crippen LogP contribution in [-0.2, 0) is 6.54 Å². The Morgan fingerprint density at radius 2 is 2.06 bits per heavy atom. The molecule has 16 heavy (non-hydrogen) atoms. The topological polar surface area (TPSA) is 39.1 Å². The molecule has 0 atom stereocenters. The van der Waals surface area contributed by atoms with Gasteiger partial charge in [-0.1, -0.05) is 11.6 Å². The van der Waals surface area contributed by atoms with E-state index in [1.807, 2.05) is 12.1 Å². The molecule has 1 fully saturated rings. The molecule has 4 heteroatoms. The first kappa shape index (κ1) is 11.4. The lowest BCUT2D eigenvalue weighted by Crippen LogP contribution is -2.42. The number of piperazine rings is 1. The summed E-state index contributed by atoms with van der Waals surface area (Å²) in [5.41, 5.74) is 1.75. The Morgan fingerprint density at radius 3 is 2.75 bits per heavy atom. The summed E-state index contributed by atoms with van der Waals surface area (Å²) in [6.07, 6.45) is 0. The number of benzene rings is 1. The smallest absolute Gasteiger partial charge is 0.0992 e. The van der Waals surface area contributed by atoms with Gasteiger partial charge in [-0.25, -0.2) is 0 Å². The lowest BCUT2D eigenvalue weighted by Gasteiger charge is -2.27. The summed E-state index contributed by atoms with van der Waals surface area (Å²) < 4.78 is 0. The summed E-state index contributed by atoms with van der Waals surface area (Å²) in [6, 6.07) is 7.67. The van der Waals surface area contributed by atoms with E-state index in [4.69, 9.17) is 16.9 Å². The molecule has 84 valence electrons. The molecule has 1 aliphatic rings. The second-order valence-electron chi connectivity index (χ2n) is 3.99. The van der Waals surface area contributed by atoms with Crippen molar-refractivity contribution < 1.29 is 0 Å². The summed E-state index contributed by atoms with van der Waals surface area (Å²) in [5.74, 6) is 0. The first-order chi connectivity index (χ1) is 7.78. The van der Waals surface area contributed by atoms with E-state index in [1.54, 1.807) is 6.07 Å². The fourth-order valence-electron chi connectivity index (χ4n) is 1.93. The third-order valence-electron chi connectivity index (χ3n) is 2.70. The maximum atomic E-state index is 8.86. The Kier molecular flexibility index (Phi) is 3.79. The number of nitrogens with zero attached hydrogens (tertiary/aromatic N) is 2. The van der Waals surface area contributed by atoms with E-state index in [-0.39, 0.29) is 0 Å². The summed E-state index contributed by atoms with van der Waals surface area (Å²) in [4.78, 5) is 2.36. The molecule has 2 rings (SSSR count). The van der Waals surface area contributed by atoms with Gasteiger partial charge in [0.15, 0.2) is 0 Å². The van der Waals surface area contributed by atoms with Crippen LogP contribution in [0.1, 0.15) is 11.1 Å². The zero-order valence-electron chi connectivity index (χ0n) is 9.04. The highest BCUT2D eigenvalue weighted by Crippen LogP contribution is 2.16. The van der Waals surface area contributed by atoms with Gasteiger partial charge >= 0.3 is 0 Å². The van der Waals surface area contributed by atoms with Crippen molar-refractivity contribution in [2.45, 2.75) is 6.54 Å². The average molecular weight is 236 g/mol. The van der Waals surface area contributed by atoms with Gasteiger partial charge in [-0.15, -0.1) is 0 Å². The highest BCUT2D eigenvalue weighted by atomic mass is 35.5. The molecule has 0 unspecified atom stereocenters. The standard InChI is InChI=1S/C12H14ClN3/c13-12-6-10(8-14)5-11(7-12)9-16-3-1-15-2-4-16/h5-7,15H,1-4,9H2. The molecular formula is C12H14ClN3. The normalized spacial score (nSPS) is 17.0. The van der Waals surface area contributed by atoms with Crippen LogP contribution in [0.25, 0.3) is 0 Å². The summed E-state index contributed by atoms with van der Waals surface area (Å²) in [5, 5.41) is 12.8. The van der Waals surface area contributed by atoms with Crippen LogP contribution >= 0.6 is 11.6 Å². The molecule has 0 aliphatic carbocycles. The molecule has 1 saturated heterocycles. The SMILES string of the molecule is N#Cc1cc(Cl)cc(CN2CCNCC2)c1. The van der Waals surface area contributed by atoms with Gasteiger partial charge in [0.05, 0.1) is 11.6 Å². The average Bonchev–Trinajstić information content (AvgIpc) is 2.29. The predicted octanol–water partition coefficient (Wildman–Crippen LogP) is 1.62. The van der Waals surface area contributed by atoms with E-state index in [2.05, 4.69) is 16.3 Å². The number of nitrogens with one attached hydrogen (secondary N) is 1. The van der Waals surface area contributed by atoms with Crippen molar-refractivity contribution in [2.75, 3.05) is 26.2 Å². The van der Waals surface area contributed by atoms with Crippen molar-refractivity contribution in [3.63, 3.8) is 0 Å². The molecule has 0 bridgehead atoms. The zero-order chi connectivity index (χ0) is 11.4. The van der Waals surface area contributed by atoms with Crippen molar-refractivity contribution >= 4 is 11.6 Å². The van der Waals surface area contributed by atoms with Crippen LogP contribution in [0.3, 0.4) is 0 Å². The van der Waals surface area contributed by atoms with Gasteiger partial charge in [0.2, 0.25) is 0 Å². The van der Waals surface area contributed by atoms with Gasteiger partial charge in [0, 0.05) is 37.7 Å². The Morgan fingerprint density at radius 1 is 1.31 bits per heavy atom. The minimum Gasteiger partial charge on any atom is -0.314 e. The molecule has 0 radical (unpaired) electrons. The van der Waals surface area contributed by atoms with Gasteiger partial charge < -0.3 is 5.32 Å². The molecular weight excluding hydrogens is 222 g/mol. The van der Waals surface area contributed by atoms with Crippen molar-refractivity contribution in [3.05, 3.63) is 34.3 Å². The Bertz CT molecular complexity index is 405. The second-order valence-corrected chi connectivity index (χ2v) is 4.42. The third kappa shape index (κ3) is 2.96. The highest BCUT2D eigenvalue weighted by molar-refractivity contribution is 6.30. The number of rotatable bonds is 2. The van der Waals surface area contributed by atoms with Gasteiger partial charge in [-0.3, -0.25) is 4.90 Å². The van der Waals surface area contributed by atoms with Crippen molar-refractivity contribution in [1.29, 1.82) is 5.26 Å². The molecule has 1 N–H and O–H groups in total.